The highest BCUT2D eigenvalue weighted by molar-refractivity contribution is 9.10. The van der Waals surface area contributed by atoms with E-state index in [4.69, 9.17) is 16.7 Å². The lowest BCUT2D eigenvalue weighted by Gasteiger charge is -2.31. The van der Waals surface area contributed by atoms with Gasteiger partial charge < -0.3 is 10.4 Å². The second-order valence-electron chi connectivity index (χ2n) is 3.95. The molecule has 2 N–H and O–H groups in total. The Balaban J connectivity index is 2.03. The van der Waals surface area contributed by atoms with Gasteiger partial charge in [0.15, 0.2) is 0 Å². The second-order valence-corrected chi connectivity index (χ2v) is 5.31. The van der Waals surface area contributed by atoms with E-state index in [1.54, 1.807) is 18.2 Å². The Morgan fingerprint density at radius 1 is 1.44 bits per heavy atom. The fraction of sp³-hybridized carbons (Fsp3) is 0.364. The summed E-state index contributed by atoms with van der Waals surface area (Å²) >= 11 is 9.14. The largest absolute Gasteiger partial charge is 0.393 e. The normalized spacial score (nSPS) is 23.7. The molecule has 0 aromatic heterocycles. The fourth-order valence-corrected chi connectivity index (χ4v) is 2.52. The molecule has 0 bridgehead atoms. The van der Waals surface area contributed by atoms with Gasteiger partial charge in [-0.15, -0.1) is 0 Å². The number of halogens is 2. The number of nitrogens with one attached hydrogen (secondary N) is 1. The molecule has 0 unspecified atom stereocenters. The summed E-state index contributed by atoms with van der Waals surface area (Å²) in [5.74, 6) is -0.153. The van der Waals surface area contributed by atoms with Gasteiger partial charge in [0.25, 0.3) is 5.91 Å². The van der Waals surface area contributed by atoms with E-state index in [9.17, 15) is 4.79 Å². The molecule has 0 heterocycles. The molecule has 0 radical (unpaired) electrons. The summed E-state index contributed by atoms with van der Waals surface area (Å²) in [7, 11) is 0. The van der Waals surface area contributed by atoms with Gasteiger partial charge in [-0.3, -0.25) is 4.79 Å². The average Bonchev–Trinajstić information content (AvgIpc) is 2.13. The summed E-state index contributed by atoms with van der Waals surface area (Å²) in [4.78, 5) is 11.8. The van der Waals surface area contributed by atoms with E-state index in [1.165, 1.54) is 0 Å². The lowest BCUT2D eigenvalue weighted by Crippen LogP contribution is -2.46. The van der Waals surface area contributed by atoms with Crippen LogP contribution in [0, 0.1) is 0 Å². The molecule has 86 valence electrons. The number of rotatable bonds is 2. The van der Waals surface area contributed by atoms with Gasteiger partial charge in [0.2, 0.25) is 0 Å². The van der Waals surface area contributed by atoms with Gasteiger partial charge in [0.05, 0.1) is 6.10 Å². The van der Waals surface area contributed by atoms with Crippen molar-refractivity contribution in [1.29, 1.82) is 0 Å². The monoisotopic (exact) mass is 303 g/mol. The summed E-state index contributed by atoms with van der Waals surface area (Å²) in [6.07, 6.45) is 0.998. The third-order valence-corrected chi connectivity index (χ3v) is 3.25. The molecule has 0 saturated heterocycles. The van der Waals surface area contributed by atoms with E-state index < -0.39 is 0 Å². The number of carbonyl (C=O) groups is 1. The van der Waals surface area contributed by atoms with Gasteiger partial charge in [0, 0.05) is 21.1 Å². The number of aliphatic hydroxyl groups excluding tert-OH is 1. The van der Waals surface area contributed by atoms with E-state index in [0.29, 0.717) is 23.4 Å². The number of carbonyl (C=O) groups excluding carboxylic acids is 1. The molecular formula is C11H11BrClNO2. The number of hydrogen-bond donors (Lipinski definition) is 2. The molecule has 5 heteroatoms. The van der Waals surface area contributed by atoms with Crippen LogP contribution in [0.15, 0.2) is 22.7 Å². The predicted molar refractivity (Wildman–Crippen MR) is 65.6 cm³/mol. The molecule has 1 amide bonds. The van der Waals surface area contributed by atoms with Gasteiger partial charge in [-0.2, -0.15) is 0 Å². The highest BCUT2D eigenvalue weighted by atomic mass is 79.9. The van der Waals surface area contributed by atoms with Crippen LogP contribution < -0.4 is 5.32 Å². The van der Waals surface area contributed by atoms with Crippen LogP contribution in [0.2, 0.25) is 5.02 Å². The lowest BCUT2D eigenvalue weighted by atomic mass is 9.89. The number of amides is 1. The van der Waals surface area contributed by atoms with Crippen LogP contribution >= 0.6 is 27.5 Å². The zero-order valence-corrected chi connectivity index (χ0v) is 10.8. The maximum Gasteiger partial charge on any atom is 0.251 e. The zero-order chi connectivity index (χ0) is 11.7. The predicted octanol–water partition coefficient (Wildman–Crippen LogP) is 2.36. The van der Waals surface area contributed by atoms with E-state index in [-0.39, 0.29) is 18.1 Å². The SMILES string of the molecule is O=C(NC1CC(O)C1)c1cc(Cl)cc(Br)c1. The van der Waals surface area contributed by atoms with E-state index in [0.717, 1.165) is 4.47 Å². The van der Waals surface area contributed by atoms with Crippen molar-refractivity contribution >= 4 is 33.4 Å². The van der Waals surface area contributed by atoms with Crippen molar-refractivity contribution in [2.45, 2.75) is 25.0 Å². The van der Waals surface area contributed by atoms with E-state index in [2.05, 4.69) is 21.2 Å². The summed E-state index contributed by atoms with van der Waals surface area (Å²) in [5.41, 5.74) is 0.528. The van der Waals surface area contributed by atoms with Crippen LogP contribution in [0.25, 0.3) is 0 Å². The first-order chi connectivity index (χ1) is 7.54. The Bertz CT molecular complexity index is 398. The van der Waals surface area contributed by atoms with Gasteiger partial charge in [-0.1, -0.05) is 27.5 Å². The molecule has 1 aromatic carbocycles. The van der Waals surface area contributed by atoms with Crippen LogP contribution in [0.1, 0.15) is 23.2 Å². The van der Waals surface area contributed by atoms with Gasteiger partial charge >= 0.3 is 0 Å². The third kappa shape index (κ3) is 2.75. The minimum atomic E-state index is -0.267. The number of aliphatic hydroxyl groups is 1. The van der Waals surface area contributed by atoms with Gasteiger partial charge in [-0.05, 0) is 31.0 Å². The van der Waals surface area contributed by atoms with Crippen LogP contribution in [0.3, 0.4) is 0 Å². The number of hydrogen-bond acceptors (Lipinski definition) is 2. The zero-order valence-electron chi connectivity index (χ0n) is 8.41. The third-order valence-electron chi connectivity index (χ3n) is 2.57. The molecule has 1 aliphatic rings. The molecule has 1 fully saturated rings. The summed E-state index contributed by atoms with van der Waals surface area (Å²) in [6.45, 7) is 0. The standard InChI is InChI=1S/C11H11BrClNO2/c12-7-1-6(2-8(13)3-7)11(16)14-9-4-10(15)5-9/h1-3,9-10,15H,4-5H2,(H,14,16). The highest BCUT2D eigenvalue weighted by Crippen LogP contribution is 2.22. The maximum absolute atomic E-state index is 11.8. The van der Waals surface area contributed by atoms with Gasteiger partial charge in [-0.25, -0.2) is 0 Å². The van der Waals surface area contributed by atoms with Gasteiger partial charge in [0.1, 0.15) is 0 Å². The van der Waals surface area contributed by atoms with Crippen LogP contribution in [-0.2, 0) is 0 Å². The first-order valence-corrected chi connectivity index (χ1v) is 6.16. The lowest BCUT2D eigenvalue weighted by molar-refractivity contribution is 0.0562. The summed E-state index contributed by atoms with van der Waals surface area (Å²) in [6, 6.07) is 5.15. The van der Waals surface area contributed by atoms with Crippen molar-refractivity contribution in [3.63, 3.8) is 0 Å². The second kappa shape index (κ2) is 4.73. The molecule has 3 nitrogen and oxygen atoms in total. The molecule has 1 saturated carbocycles. The van der Waals surface area contributed by atoms with Crippen molar-refractivity contribution in [3.05, 3.63) is 33.3 Å². The minimum Gasteiger partial charge on any atom is -0.393 e. The highest BCUT2D eigenvalue weighted by Gasteiger charge is 2.28. The Kier molecular flexibility index (Phi) is 3.52. The summed E-state index contributed by atoms with van der Waals surface area (Å²) in [5, 5.41) is 12.5. The number of benzene rings is 1. The molecular weight excluding hydrogens is 293 g/mol. The first-order valence-electron chi connectivity index (χ1n) is 4.99. The molecule has 0 spiro atoms. The van der Waals surface area contributed by atoms with Crippen LogP contribution in [0.5, 0.6) is 0 Å². The Morgan fingerprint density at radius 3 is 2.69 bits per heavy atom. The average molecular weight is 305 g/mol. The quantitative estimate of drug-likeness (QED) is 0.881. The molecule has 1 aromatic rings. The Labute approximate surface area is 107 Å². The van der Waals surface area contributed by atoms with Crippen LogP contribution in [-0.4, -0.2) is 23.2 Å². The Hall–Kier alpha value is -0.580. The van der Waals surface area contributed by atoms with Crippen molar-refractivity contribution in [2.24, 2.45) is 0 Å². The molecule has 2 rings (SSSR count). The molecule has 0 atom stereocenters. The van der Waals surface area contributed by atoms with Crippen molar-refractivity contribution in [3.8, 4) is 0 Å². The van der Waals surface area contributed by atoms with Crippen LogP contribution in [0.4, 0.5) is 0 Å². The van der Waals surface area contributed by atoms with E-state index >= 15 is 0 Å². The molecule has 0 aliphatic heterocycles. The fourth-order valence-electron chi connectivity index (χ4n) is 1.66. The topological polar surface area (TPSA) is 49.3 Å². The Morgan fingerprint density at radius 2 is 2.12 bits per heavy atom. The smallest absolute Gasteiger partial charge is 0.251 e. The first kappa shape index (κ1) is 11.9. The molecule has 16 heavy (non-hydrogen) atoms. The van der Waals surface area contributed by atoms with Crippen molar-refractivity contribution < 1.29 is 9.90 Å². The maximum atomic E-state index is 11.8. The summed E-state index contributed by atoms with van der Waals surface area (Å²) < 4.78 is 0.777. The minimum absolute atomic E-state index is 0.0836. The molecule has 1 aliphatic carbocycles. The van der Waals surface area contributed by atoms with Crippen molar-refractivity contribution in [2.75, 3.05) is 0 Å². The van der Waals surface area contributed by atoms with Crippen molar-refractivity contribution in [1.82, 2.24) is 5.32 Å². The van der Waals surface area contributed by atoms with E-state index in [1.807, 2.05) is 0 Å².